The van der Waals surface area contributed by atoms with E-state index in [9.17, 15) is 0 Å². The molecule has 0 N–H and O–H groups in total. The first-order chi connectivity index (χ1) is 10.9. The van der Waals surface area contributed by atoms with Gasteiger partial charge >= 0.3 is 0 Å². The molecule has 2 aromatic rings. The maximum absolute atomic E-state index is 5.93. The lowest BCUT2D eigenvalue weighted by Crippen LogP contribution is -2.10. The van der Waals surface area contributed by atoms with Gasteiger partial charge in [0.05, 0.1) is 6.10 Å². The van der Waals surface area contributed by atoms with E-state index in [0.29, 0.717) is 24.5 Å². The number of nitrogens with zero attached hydrogens (tertiary/aromatic N) is 2. The summed E-state index contributed by atoms with van der Waals surface area (Å²) >= 11 is 0. The summed E-state index contributed by atoms with van der Waals surface area (Å²) in [5.41, 5.74) is 0. The number of ether oxygens (including phenoxy) is 2. The maximum Gasteiger partial charge on any atom is 0.253 e. The standard InChI is InChI=1S/C17H20N2O3/c1-2-4-14(3-1)21-15-9-7-13(8-10-15)20-11-16-18-19-17(22-16)12-5-6-12/h7-10,12,14H,1-6,11H2. The van der Waals surface area contributed by atoms with E-state index in [1.54, 1.807) is 0 Å². The molecule has 2 fully saturated rings. The van der Waals surface area contributed by atoms with Crippen LogP contribution in [-0.4, -0.2) is 16.3 Å². The van der Waals surface area contributed by atoms with E-state index in [1.807, 2.05) is 24.3 Å². The summed E-state index contributed by atoms with van der Waals surface area (Å²) in [4.78, 5) is 0. The van der Waals surface area contributed by atoms with Crippen molar-refractivity contribution < 1.29 is 13.9 Å². The summed E-state index contributed by atoms with van der Waals surface area (Å²) in [6.45, 7) is 0.308. The Morgan fingerprint density at radius 2 is 1.68 bits per heavy atom. The minimum Gasteiger partial charge on any atom is -0.490 e. The third-order valence-electron chi connectivity index (χ3n) is 4.20. The highest BCUT2D eigenvalue weighted by Gasteiger charge is 2.29. The Kier molecular flexibility index (Phi) is 3.70. The van der Waals surface area contributed by atoms with Gasteiger partial charge in [-0.1, -0.05) is 0 Å². The van der Waals surface area contributed by atoms with Gasteiger partial charge in [0.2, 0.25) is 5.89 Å². The fraction of sp³-hybridized carbons (Fsp3) is 0.529. The average Bonchev–Trinajstić information content (AvgIpc) is 3.07. The van der Waals surface area contributed by atoms with Crippen molar-refractivity contribution >= 4 is 0 Å². The summed E-state index contributed by atoms with van der Waals surface area (Å²) in [5.74, 6) is 3.46. The Hall–Kier alpha value is -2.04. The van der Waals surface area contributed by atoms with Crippen LogP contribution in [0.15, 0.2) is 28.7 Å². The van der Waals surface area contributed by atoms with Gasteiger partial charge in [-0.3, -0.25) is 0 Å². The van der Waals surface area contributed by atoms with Crippen molar-refractivity contribution in [2.24, 2.45) is 0 Å². The lowest BCUT2D eigenvalue weighted by Gasteiger charge is -2.13. The number of aromatic nitrogens is 2. The Balaban J connectivity index is 1.30. The van der Waals surface area contributed by atoms with Gasteiger partial charge in [-0.15, -0.1) is 10.2 Å². The van der Waals surface area contributed by atoms with Crippen LogP contribution in [-0.2, 0) is 6.61 Å². The van der Waals surface area contributed by atoms with Gasteiger partial charge in [-0.2, -0.15) is 0 Å². The van der Waals surface area contributed by atoms with Crippen LogP contribution in [0.2, 0.25) is 0 Å². The van der Waals surface area contributed by atoms with Crippen LogP contribution in [0.3, 0.4) is 0 Å². The van der Waals surface area contributed by atoms with Crippen molar-refractivity contribution in [3.05, 3.63) is 36.0 Å². The molecule has 0 saturated heterocycles. The quantitative estimate of drug-likeness (QED) is 0.811. The molecule has 0 radical (unpaired) electrons. The van der Waals surface area contributed by atoms with Crippen LogP contribution in [0.1, 0.15) is 56.2 Å². The molecule has 0 unspecified atom stereocenters. The summed E-state index contributed by atoms with van der Waals surface area (Å²) in [7, 11) is 0. The summed E-state index contributed by atoms with van der Waals surface area (Å²) in [5, 5.41) is 8.06. The van der Waals surface area contributed by atoms with E-state index < -0.39 is 0 Å². The first-order valence-electron chi connectivity index (χ1n) is 8.08. The Morgan fingerprint density at radius 3 is 2.41 bits per heavy atom. The SMILES string of the molecule is c1cc(OC2CCCC2)ccc1OCc1nnc(C2CC2)o1. The molecular formula is C17H20N2O3. The van der Waals surface area contributed by atoms with Gasteiger partial charge in [0.15, 0.2) is 6.61 Å². The van der Waals surface area contributed by atoms with Gasteiger partial charge in [0, 0.05) is 5.92 Å². The van der Waals surface area contributed by atoms with Crippen molar-refractivity contribution in [1.82, 2.24) is 10.2 Å². The van der Waals surface area contributed by atoms with E-state index in [2.05, 4.69) is 10.2 Å². The molecule has 22 heavy (non-hydrogen) atoms. The highest BCUT2D eigenvalue weighted by Crippen LogP contribution is 2.39. The third-order valence-corrected chi connectivity index (χ3v) is 4.20. The smallest absolute Gasteiger partial charge is 0.253 e. The Bertz CT molecular complexity index is 613. The topological polar surface area (TPSA) is 57.4 Å². The average molecular weight is 300 g/mol. The fourth-order valence-electron chi connectivity index (χ4n) is 2.78. The second-order valence-electron chi connectivity index (χ2n) is 6.09. The molecule has 1 aromatic heterocycles. The molecule has 0 bridgehead atoms. The molecule has 5 heteroatoms. The van der Waals surface area contributed by atoms with Crippen LogP contribution in [0.4, 0.5) is 0 Å². The lowest BCUT2D eigenvalue weighted by molar-refractivity contribution is 0.209. The predicted molar refractivity (Wildman–Crippen MR) is 79.9 cm³/mol. The molecule has 2 aliphatic rings. The zero-order chi connectivity index (χ0) is 14.8. The van der Waals surface area contributed by atoms with Gasteiger partial charge in [0.25, 0.3) is 5.89 Å². The van der Waals surface area contributed by atoms with E-state index in [0.717, 1.165) is 30.2 Å². The Morgan fingerprint density at radius 1 is 0.955 bits per heavy atom. The molecule has 0 amide bonds. The second kappa shape index (κ2) is 5.99. The molecule has 1 heterocycles. The van der Waals surface area contributed by atoms with Gasteiger partial charge in [0.1, 0.15) is 11.5 Å². The van der Waals surface area contributed by atoms with Crippen LogP contribution in [0.25, 0.3) is 0 Å². The van der Waals surface area contributed by atoms with Crippen molar-refractivity contribution in [2.75, 3.05) is 0 Å². The Labute approximate surface area is 129 Å². The molecule has 2 aliphatic carbocycles. The maximum atomic E-state index is 5.93. The molecule has 116 valence electrons. The number of hydrogen-bond donors (Lipinski definition) is 0. The van der Waals surface area contributed by atoms with E-state index in [1.165, 1.54) is 25.7 Å². The summed E-state index contributed by atoms with van der Waals surface area (Å²) in [6.07, 6.45) is 7.58. The second-order valence-corrected chi connectivity index (χ2v) is 6.09. The zero-order valence-corrected chi connectivity index (χ0v) is 12.5. The largest absolute Gasteiger partial charge is 0.490 e. The fourth-order valence-corrected chi connectivity index (χ4v) is 2.78. The predicted octanol–water partition coefficient (Wildman–Crippen LogP) is 3.85. The number of benzene rings is 1. The van der Waals surface area contributed by atoms with Crippen LogP contribution in [0, 0.1) is 0 Å². The molecule has 0 aliphatic heterocycles. The van der Waals surface area contributed by atoms with Crippen molar-refractivity contribution in [3.8, 4) is 11.5 Å². The van der Waals surface area contributed by atoms with Gasteiger partial charge < -0.3 is 13.9 Å². The van der Waals surface area contributed by atoms with Crippen LogP contribution >= 0.6 is 0 Å². The molecule has 0 spiro atoms. The third kappa shape index (κ3) is 3.24. The highest BCUT2D eigenvalue weighted by atomic mass is 16.5. The first kappa shape index (κ1) is 13.6. The molecule has 5 nitrogen and oxygen atoms in total. The highest BCUT2D eigenvalue weighted by molar-refractivity contribution is 5.31. The van der Waals surface area contributed by atoms with Crippen LogP contribution < -0.4 is 9.47 Å². The molecule has 2 saturated carbocycles. The zero-order valence-electron chi connectivity index (χ0n) is 12.5. The minimum absolute atomic E-state index is 0.308. The molecule has 1 aromatic carbocycles. The molecule has 0 atom stereocenters. The summed E-state index contributed by atoms with van der Waals surface area (Å²) < 4.78 is 17.2. The van der Waals surface area contributed by atoms with Crippen molar-refractivity contribution in [2.45, 2.75) is 57.2 Å². The van der Waals surface area contributed by atoms with Gasteiger partial charge in [-0.05, 0) is 62.8 Å². The van der Waals surface area contributed by atoms with E-state index >= 15 is 0 Å². The summed E-state index contributed by atoms with van der Waals surface area (Å²) in [6, 6.07) is 7.75. The van der Waals surface area contributed by atoms with E-state index in [4.69, 9.17) is 13.9 Å². The van der Waals surface area contributed by atoms with E-state index in [-0.39, 0.29) is 0 Å². The number of rotatable bonds is 6. The molecule has 4 rings (SSSR count). The van der Waals surface area contributed by atoms with Crippen LogP contribution in [0.5, 0.6) is 11.5 Å². The monoisotopic (exact) mass is 300 g/mol. The minimum atomic E-state index is 0.308. The number of hydrogen-bond acceptors (Lipinski definition) is 5. The normalized spacial score (nSPS) is 18.5. The lowest BCUT2D eigenvalue weighted by atomic mass is 10.3. The first-order valence-corrected chi connectivity index (χ1v) is 8.08. The van der Waals surface area contributed by atoms with Crippen molar-refractivity contribution in [3.63, 3.8) is 0 Å². The van der Waals surface area contributed by atoms with Crippen molar-refractivity contribution in [1.29, 1.82) is 0 Å². The van der Waals surface area contributed by atoms with Gasteiger partial charge in [-0.25, -0.2) is 0 Å². The molecular weight excluding hydrogens is 280 g/mol.